The Hall–Kier alpha value is -1.79. The van der Waals surface area contributed by atoms with E-state index in [1.54, 1.807) is 0 Å². The van der Waals surface area contributed by atoms with Crippen LogP contribution in [0.4, 0.5) is 5.13 Å². The topological polar surface area (TPSA) is 58.1 Å². The fraction of sp³-hybridized carbons (Fsp3) is 0.471. The second-order valence-corrected chi connectivity index (χ2v) is 7.33. The number of rotatable bonds is 6. The zero-order valence-electron chi connectivity index (χ0n) is 13.0. The third-order valence-electron chi connectivity index (χ3n) is 4.29. The van der Waals surface area contributed by atoms with Gasteiger partial charge in [0.2, 0.25) is 0 Å². The van der Waals surface area contributed by atoms with Crippen LogP contribution in [0.3, 0.4) is 0 Å². The van der Waals surface area contributed by atoms with Gasteiger partial charge in [0.25, 0.3) is 0 Å². The highest BCUT2D eigenvalue weighted by atomic mass is 32.1. The van der Waals surface area contributed by atoms with Gasteiger partial charge in [-0.15, -0.1) is 0 Å². The number of hydrogen-bond acceptors (Lipinski definition) is 6. The van der Waals surface area contributed by atoms with E-state index in [1.165, 1.54) is 24.2 Å². The van der Waals surface area contributed by atoms with E-state index in [1.807, 2.05) is 24.4 Å². The first-order valence-electron chi connectivity index (χ1n) is 8.17. The molecule has 2 aromatic rings. The van der Waals surface area contributed by atoms with Gasteiger partial charge in [0.05, 0.1) is 17.1 Å². The average molecular weight is 328 g/mol. The zero-order valence-corrected chi connectivity index (χ0v) is 13.8. The summed E-state index contributed by atoms with van der Waals surface area (Å²) in [5, 5.41) is 4.19. The molecular formula is C17H20N4OS. The van der Waals surface area contributed by atoms with Gasteiger partial charge < -0.3 is 5.32 Å². The molecule has 6 heteroatoms. The number of nitrogens with one attached hydrogen (secondary N) is 1. The second-order valence-electron chi connectivity index (χ2n) is 6.33. The quantitative estimate of drug-likeness (QED) is 0.883. The summed E-state index contributed by atoms with van der Waals surface area (Å²) in [6.07, 6.45) is 5.29. The molecule has 3 heterocycles. The van der Waals surface area contributed by atoms with Gasteiger partial charge in [-0.05, 0) is 30.9 Å². The van der Waals surface area contributed by atoms with Crippen LogP contribution >= 0.6 is 11.3 Å². The van der Waals surface area contributed by atoms with Crippen LogP contribution in [0.25, 0.3) is 0 Å². The molecule has 1 saturated carbocycles. The Morgan fingerprint density at radius 1 is 1.30 bits per heavy atom. The van der Waals surface area contributed by atoms with E-state index in [0.29, 0.717) is 6.54 Å². The Morgan fingerprint density at radius 2 is 2.22 bits per heavy atom. The SMILES string of the molecule is O=C1CN(CC2CC2)Cc2nc(NCCc3ccccn3)sc21. The van der Waals surface area contributed by atoms with Gasteiger partial charge in [-0.3, -0.25) is 14.7 Å². The maximum atomic E-state index is 12.3. The molecule has 1 aliphatic carbocycles. The molecular weight excluding hydrogens is 308 g/mol. The number of nitrogens with zero attached hydrogens (tertiary/aromatic N) is 3. The number of anilines is 1. The van der Waals surface area contributed by atoms with E-state index in [0.717, 1.165) is 53.4 Å². The molecule has 0 amide bonds. The van der Waals surface area contributed by atoms with E-state index >= 15 is 0 Å². The number of carbonyl (C=O) groups is 1. The first kappa shape index (κ1) is 14.8. The molecule has 0 saturated heterocycles. The number of ketones is 1. The lowest BCUT2D eigenvalue weighted by Crippen LogP contribution is -2.35. The van der Waals surface area contributed by atoms with Crippen LogP contribution in [0.15, 0.2) is 24.4 Å². The average Bonchev–Trinajstić information content (AvgIpc) is 3.26. The molecule has 1 N–H and O–H groups in total. The third-order valence-corrected chi connectivity index (χ3v) is 5.38. The Labute approximate surface area is 139 Å². The minimum atomic E-state index is 0.224. The highest BCUT2D eigenvalue weighted by Crippen LogP contribution is 2.33. The molecule has 120 valence electrons. The van der Waals surface area contributed by atoms with Crippen molar-refractivity contribution < 1.29 is 4.79 Å². The van der Waals surface area contributed by atoms with Crippen molar-refractivity contribution in [3.05, 3.63) is 40.7 Å². The predicted molar refractivity (Wildman–Crippen MR) is 90.9 cm³/mol. The summed E-state index contributed by atoms with van der Waals surface area (Å²) in [5.74, 6) is 1.03. The predicted octanol–water partition coefficient (Wildman–Crippen LogP) is 2.60. The van der Waals surface area contributed by atoms with E-state index in [4.69, 9.17) is 0 Å². The van der Waals surface area contributed by atoms with Gasteiger partial charge >= 0.3 is 0 Å². The summed E-state index contributed by atoms with van der Waals surface area (Å²) in [6, 6.07) is 5.94. The summed E-state index contributed by atoms with van der Waals surface area (Å²) < 4.78 is 0. The van der Waals surface area contributed by atoms with Crippen molar-refractivity contribution in [2.24, 2.45) is 5.92 Å². The first-order chi connectivity index (χ1) is 11.3. The third kappa shape index (κ3) is 3.59. The lowest BCUT2D eigenvalue weighted by Gasteiger charge is -2.24. The fourth-order valence-electron chi connectivity index (χ4n) is 2.93. The highest BCUT2D eigenvalue weighted by molar-refractivity contribution is 7.17. The van der Waals surface area contributed by atoms with Crippen LogP contribution < -0.4 is 5.32 Å². The molecule has 2 aliphatic rings. The maximum absolute atomic E-state index is 12.3. The van der Waals surface area contributed by atoms with Crippen molar-refractivity contribution in [3.8, 4) is 0 Å². The summed E-state index contributed by atoms with van der Waals surface area (Å²) in [6.45, 7) is 3.20. The van der Waals surface area contributed by atoms with Gasteiger partial charge in [0.1, 0.15) is 0 Å². The Balaban J connectivity index is 1.36. The molecule has 5 nitrogen and oxygen atoms in total. The molecule has 23 heavy (non-hydrogen) atoms. The minimum Gasteiger partial charge on any atom is -0.361 e. The summed E-state index contributed by atoms with van der Waals surface area (Å²) in [7, 11) is 0. The number of pyridine rings is 1. The normalized spacial score (nSPS) is 18.0. The van der Waals surface area contributed by atoms with Crippen molar-refractivity contribution in [3.63, 3.8) is 0 Å². The number of hydrogen-bond donors (Lipinski definition) is 1. The zero-order chi connectivity index (χ0) is 15.6. The Kier molecular flexibility index (Phi) is 4.10. The largest absolute Gasteiger partial charge is 0.361 e. The number of Topliss-reactive ketones (excluding diaryl/α,β-unsaturated/α-hetero) is 1. The van der Waals surface area contributed by atoms with Crippen molar-refractivity contribution in [2.45, 2.75) is 25.8 Å². The van der Waals surface area contributed by atoms with Crippen LogP contribution in [-0.4, -0.2) is 40.3 Å². The molecule has 1 fully saturated rings. The minimum absolute atomic E-state index is 0.224. The van der Waals surface area contributed by atoms with Crippen LogP contribution in [0.1, 0.15) is 33.9 Å². The van der Waals surface area contributed by atoms with E-state index in [2.05, 4.69) is 20.2 Å². The molecule has 0 radical (unpaired) electrons. The lowest BCUT2D eigenvalue weighted by molar-refractivity contribution is 0.0900. The fourth-order valence-corrected chi connectivity index (χ4v) is 3.86. The van der Waals surface area contributed by atoms with E-state index < -0.39 is 0 Å². The molecule has 0 aromatic carbocycles. The smallest absolute Gasteiger partial charge is 0.188 e. The van der Waals surface area contributed by atoms with Crippen molar-refractivity contribution >= 4 is 22.3 Å². The highest BCUT2D eigenvalue weighted by Gasteiger charge is 2.31. The molecule has 0 bridgehead atoms. The van der Waals surface area contributed by atoms with Gasteiger partial charge in [0.15, 0.2) is 10.9 Å². The van der Waals surface area contributed by atoms with Gasteiger partial charge in [0, 0.05) is 37.9 Å². The standard InChI is InChI=1S/C17H20N4OS/c22-15-11-21(9-12-4-5-12)10-14-16(15)23-17(20-14)19-8-6-13-3-1-2-7-18-13/h1-3,7,12H,4-6,8-11H2,(H,19,20). The van der Waals surface area contributed by atoms with Crippen LogP contribution in [-0.2, 0) is 13.0 Å². The van der Waals surface area contributed by atoms with Crippen molar-refractivity contribution in [1.82, 2.24) is 14.9 Å². The van der Waals surface area contributed by atoms with Gasteiger partial charge in [-0.1, -0.05) is 17.4 Å². The monoisotopic (exact) mass is 328 g/mol. The maximum Gasteiger partial charge on any atom is 0.188 e. The number of carbonyl (C=O) groups excluding carboxylic acids is 1. The second kappa shape index (κ2) is 6.37. The molecule has 1 aliphatic heterocycles. The van der Waals surface area contributed by atoms with Gasteiger partial charge in [-0.2, -0.15) is 0 Å². The van der Waals surface area contributed by atoms with Crippen molar-refractivity contribution in [1.29, 1.82) is 0 Å². The Bertz CT molecular complexity index is 696. The molecule has 0 atom stereocenters. The lowest BCUT2D eigenvalue weighted by atomic mass is 10.1. The molecule has 0 spiro atoms. The van der Waals surface area contributed by atoms with E-state index in [9.17, 15) is 4.79 Å². The first-order valence-corrected chi connectivity index (χ1v) is 8.98. The number of thiazole rings is 1. The Morgan fingerprint density at radius 3 is 3.00 bits per heavy atom. The van der Waals surface area contributed by atoms with Crippen LogP contribution in [0.2, 0.25) is 0 Å². The summed E-state index contributed by atoms with van der Waals surface area (Å²) in [4.78, 5) is 24.3. The van der Waals surface area contributed by atoms with E-state index in [-0.39, 0.29) is 5.78 Å². The summed E-state index contributed by atoms with van der Waals surface area (Å²) in [5.41, 5.74) is 2.01. The molecule has 2 aromatic heterocycles. The van der Waals surface area contributed by atoms with Crippen molar-refractivity contribution in [2.75, 3.05) is 25.0 Å². The van der Waals surface area contributed by atoms with Crippen LogP contribution in [0.5, 0.6) is 0 Å². The number of aromatic nitrogens is 2. The molecule has 4 rings (SSSR count). The van der Waals surface area contributed by atoms with Crippen LogP contribution in [0, 0.1) is 5.92 Å². The number of fused-ring (bicyclic) bond motifs is 1. The molecule has 0 unspecified atom stereocenters. The van der Waals surface area contributed by atoms with Gasteiger partial charge in [-0.25, -0.2) is 4.98 Å². The summed E-state index contributed by atoms with van der Waals surface area (Å²) >= 11 is 1.50.